The van der Waals surface area contributed by atoms with Gasteiger partial charge in [-0.3, -0.25) is 0 Å². The van der Waals surface area contributed by atoms with Crippen molar-refractivity contribution in [3.63, 3.8) is 0 Å². The van der Waals surface area contributed by atoms with Crippen LogP contribution in [0.25, 0.3) is 0 Å². The van der Waals surface area contributed by atoms with Gasteiger partial charge in [0.2, 0.25) is 5.88 Å². The minimum Gasteiger partial charge on any atom is -0.481 e. The lowest BCUT2D eigenvalue weighted by molar-refractivity contribution is 0.337. The van der Waals surface area contributed by atoms with E-state index in [-0.39, 0.29) is 0 Å². The van der Waals surface area contributed by atoms with E-state index in [0.29, 0.717) is 6.04 Å². The monoisotopic (exact) mass is 209 g/mol. The van der Waals surface area contributed by atoms with Gasteiger partial charge in [0.05, 0.1) is 18.8 Å². The highest BCUT2D eigenvalue weighted by atomic mass is 16.5. The molecule has 1 unspecified atom stereocenters. The second-order valence-corrected chi connectivity index (χ2v) is 4.02. The molecule has 0 spiro atoms. The van der Waals surface area contributed by atoms with E-state index in [1.165, 1.54) is 0 Å². The molecular formula is C11H19N3O. The molecule has 1 atom stereocenters. The van der Waals surface area contributed by atoms with Crippen LogP contribution in [0.15, 0.2) is 6.07 Å². The van der Waals surface area contributed by atoms with E-state index in [0.717, 1.165) is 43.9 Å². The Labute approximate surface area is 90.6 Å². The lowest BCUT2D eigenvalue weighted by Crippen LogP contribution is -2.15. The van der Waals surface area contributed by atoms with E-state index < -0.39 is 0 Å². The summed E-state index contributed by atoms with van der Waals surface area (Å²) in [7, 11) is 1.71. The van der Waals surface area contributed by atoms with Gasteiger partial charge in [-0.1, -0.05) is 13.3 Å². The van der Waals surface area contributed by atoms with Crippen LogP contribution in [0.1, 0.15) is 31.5 Å². The fourth-order valence-corrected chi connectivity index (χ4v) is 2.07. The van der Waals surface area contributed by atoms with Gasteiger partial charge in [-0.15, -0.1) is 0 Å². The average Bonchev–Trinajstić information content (AvgIpc) is 2.84. The zero-order chi connectivity index (χ0) is 10.7. The summed E-state index contributed by atoms with van der Waals surface area (Å²) < 4.78 is 7.39. The van der Waals surface area contributed by atoms with Gasteiger partial charge < -0.3 is 10.1 Å². The number of hydrogen-bond acceptors (Lipinski definition) is 3. The third kappa shape index (κ3) is 2.15. The maximum atomic E-state index is 5.36. The first kappa shape index (κ1) is 10.5. The fourth-order valence-electron chi connectivity index (χ4n) is 2.07. The summed E-state index contributed by atoms with van der Waals surface area (Å²) in [6.45, 7) is 4.25. The van der Waals surface area contributed by atoms with Gasteiger partial charge in [0.25, 0.3) is 0 Å². The Morgan fingerprint density at radius 1 is 1.67 bits per heavy atom. The Hall–Kier alpha value is -1.03. The van der Waals surface area contributed by atoms with E-state index in [4.69, 9.17) is 4.74 Å². The molecule has 1 aliphatic rings. The molecule has 2 rings (SSSR count). The molecule has 2 heterocycles. The Balaban J connectivity index is 2.19. The lowest BCUT2D eigenvalue weighted by Gasteiger charge is -2.11. The van der Waals surface area contributed by atoms with Crippen LogP contribution >= 0.6 is 0 Å². The fraction of sp³-hybridized carbons (Fsp3) is 0.727. The third-order valence-corrected chi connectivity index (χ3v) is 2.85. The quantitative estimate of drug-likeness (QED) is 0.814. The molecule has 1 aliphatic heterocycles. The molecule has 1 aromatic heterocycles. The highest BCUT2D eigenvalue weighted by molar-refractivity contribution is 5.17. The van der Waals surface area contributed by atoms with Crippen LogP contribution in [-0.2, 0) is 6.42 Å². The molecule has 1 N–H and O–H groups in total. The maximum absolute atomic E-state index is 5.36. The van der Waals surface area contributed by atoms with Gasteiger partial charge in [0, 0.05) is 12.6 Å². The summed E-state index contributed by atoms with van der Waals surface area (Å²) in [5, 5.41) is 7.95. The van der Waals surface area contributed by atoms with E-state index in [2.05, 4.69) is 23.4 Å². The molecule has 0 radical (unpaired) electrons. The van der Waals surface area contributed by atoms with Crippen LogP contribution in [-0.4, -0.2) is 30.0 Å². The van der Waals surface area contributed by atoms with Crippen LogP contribution < -0.4 is 10.1 Å². The van der Waals surface area contributed by atoms with Crippen LogP contribution in [0, 0.1) is 0 Å². The normalized spacial score (nSPS) is 20.8. The summed E-state index contributed by atoms with van der Waals surface area (Å²) in [5.41, 5.74) is 1.14. The van der Waals surface area contributed by atoms with Gasteiger partial charge in [-0.2, -0.15) is 5.10 Å². The summed E-state index contributed by atoms with van der Waals surface area (Å²) in [6.07, 6.45) is 3.30. The minimum atomic E-state index is 0.463. The molecule has 0 aliphatic carbocycles. The zero-order valence-corrected chi connectivity index (χ0v) is 9.49. The van der Waals surface area contributed by atoms with Crippen LogP contribution in [0.5, 0.6) is 5.88 Å². The molecule has 4 nitrogen and oxygen atoms in total. The van der Waals surface area contributed by atoms with Crippen molar-refractivity contribution in [3.8, 4) is 5.88 Å². The van der Waals surface area contributed by atoms with Gasteiger partial charge in [0.15, 0.2) is 0 Å². The van der Waals surface area contributed by atoms with Crippen molar-refractivity contribution in [1.82, 2.24) is 15.1 Å². The van der Waals surface area contributed by atoms with Crippen molar-refractivity contribution >= 4 is 0 Å². The molecule has 1 saturated heterocycles. The number of rotatable bonds is 4. The highest BCUT2D eigenvalue weighted by Crippen LogP contribution is 2.23. The SMILES string of the molecule is CCCc1cc(OC)n(C2CCNC2)n1. The van der Waals surface area contributed by atoms with Crippen LogP contribution in [0.2, 0.25) is 0 Å². The van der Waals surface area contributed by atoms with Crippen LogP contribution in [0.3, 0.4) is 0 Å². The van der Waals surface area contributed by atoms with Crippen LogP contribution in [0.4, 0.5) is 0 Å². The number of aromatic nitrogens is 2. The molecule has 0 saturated carbocycles. The molecule has 0 amide bonds. The molecule has 0 aromatic carbocycles. The molecular weight excluding hydrogens is 190 g/mol. The topological polar surface area (TPSA) is 39.1 Å². The van der Waals surface area contributed by atoms with Crippen molar-refractivity contribution in [2.45, 2.75) is 32.2 Å². The minimum absolute atomic E-state index is 0.463. The van der Waals surface area contributed by atoms with E-state index in [9.17, 15) is 0 Å². The van der Waals surface area contributed by atoms with Crippen molar-refractivity contribution in [3.05, 3.63) is 11.8 Å². The van der Waals surface area contributed by atoms with Crippen molar-refractivity contribution in [1.29, 1.82) is 0 Å². The predicted octanol–water partition coefficient (Wildman–Crippen LogP) is 1.38. The Kier molecular flexibility index (Phi) is 3.26. The predicted molar refractivity (Wildman–Crippen MR) is 59.3 cm³/mol. The van der Waals surface area contributed by atoms with Gasteiger partial charge >= 0.3 is 0 Å². The molecule has 4 heteroatoms. The average molecular weight is 209 g/mol. The molecule has 0 bridgehead atoms. The first-order valence-corrected chi connectivity index (χ1v) is 5.68. The maximum Gasteiger partial charge on any atom is 0.212 e. The summed E-state index contributed by atoms with van der Waals surface area (Å²) in [4.78, 5) is 0. The number of hydrogen-bond donors (Lipinski definition) is 1. The Morgan fingerprint density at radius 2 is 2.53 bits per heavy atom. The second kappa shape index (κ2) is 4.66. The van der Waals surface area contributed by atoms with E-state index >= 15 is 0 Å². The van der Waals surface area contributed by atoms with Crippen molar-refractivity contribution < 1.29 is 4.74 Å². The largest absolute Gasteiger partial charge is 0.481 e. The number of nitrogens with one attached hydrogen (secondary N) is 1. The Bertz CT molecular complexity index is 316. The number of ether oxygens (including phenoxy) is 1. The molecule has 15 heavy (non-hydrogen) atoms. The molecule has 84 valence electrons. The lowest BCUT2D eigenvalue weighted by atomic mass is 10.2. The zero-order valence-electron chi connectivity index (χ0n) is 9.49. The molecule has 1 fully saturated rings. The standard InChI is InChI=1S/C11H19N3O/c1-3-4-9-7-11(15-2)14(13-9)10-5-6-12-8-10/h7,10,12H,3-6,8H2,1-2H3. The van der Waals surface area contributed by atoms with Gasteiger partial charge in [0.1, 0.15) is 0 Å². The first-order chi connectivity index (χ1) is 7.35. The smallest absolute Gasteiger partial charge is 0.212 e. The number of nitrogens with zero attached hydrogens (tertiary/aromatic N) is 2. The number of methoxy groups -OCH3 is 1. The summed E-state index contributed by atoms with van der Waals surface area (Å²) in [5.74, 6) is 0.896. The van der Waals surface area contributed by atoms with Gasteiger partial charge in [-0.05, 0) is 19.4 Å². The summed E-state index contributed by atoms with van der Waals surface area (Å²) >= 11 is 0. The second-order valence-electron chi connectivity index (χ2n) is 4.02. The van der Waals surface area contributed by atoms with E-state index in [1.54, 1.807) is 7.11 Å². The highest BCUT2D eigenvalue weighted by Gasteiger charge is 2.21. The number of aryl methyl sites for hydroxylation is 1. The van der Waals surface area contributed by atoms with Gasteiger partial charge in [-0.25, -0.2) is 4.68 Å². The molecule has 1 aromatic rings. The summed E-state index contributed by atoms with van der Waals surface area (Å²) in [6, 6.07) is 2.52. The Morgan fingerprint density at radius 3 is 3.13 bits per heavy atom. The first-order valence-electron chi connectivity index (χ1n) is 5.68. The van der Waals surface area contributed by atoms with Crippen molar-refractivity contribution in [2.24, 2.45) is 0 Å². The van der Waals surface area contributed by atoms with Crippen molar-refractivity contribution in [2.75, 3.05) is 20.2 Å². The third-order valence-electron chi connectivity index (χ3n) is 2.85. The van der Waals surface area contributed by atoms with E-state index in [1.807, 2.05) is 4.68 Å².